The van der Waals surface area contributed by atoms with Crippen molar-refractivity contribution >= 4 is 34.1 Å². The summed E-state index contributed by atoms with van der Waals surface area (Å²) in [5.74, 6) is 0. The second kappa shape index (κ2) is 5.46. The van der Waals surface area contributed by atoms with Crippen molar-refractivity contribution in [1.29, 1.82) is 0 Å². The summed E-state index contributed by atoms with van der Waals surface area (Å²) in [6, 6.07) is 3.73. The molecule has 0 amide bonds. The predicted octanol–water partition coefficient (Wildman–Crippen LogP) is 4.69. The molecule has 2 aromatic heterocycles. The maximum atomic E-state index is 6.11. The summed E-state index contributed by atoms with van der Waals surface area (Å²) in [6.07, 6.45) is 7.24. The molecule has 3 nitrogen and oxygen atoms in total. The summed E-state index contributed by atoms with van der Waals surface area (Å²) >= 11 is 12.1. The van der Waals surface area contributed by atoms with Crippen LogP contribution in [0.2, 0.25) is 10.0 Å². The Labute approximate surface area is 115 Å². The van der Waals surface area contributed by atoms with Crippen LogP contribution in [0.3, 0.4) is 0 Å². The number of aromatic amines is 1. The summed E-state index contributed by atoms with van der Waals surface area (Å²) < 4.78 is 1.92. The number of rotatable bonds is 1. The lowest BCUT2D eigenvalue weighted by molar-refractivity contribution is 1.07. The van der Waals surface area contributed by atoms with Gasteiger partial charge in [-0.2, -0.15) is 0 Å². The van der Waals surface area contributed by atoms with Gasteiger partial charge in [0.2, 0.25) is 0 Å². The molecule has 94 valence electrons. The van der Waals surface area contributed by atoms with Gasteiger partial charge in [-0.15, -0.1) is 0 Å². The minimum atomic E-state index is 0.547. The van der Waals surface area contributed by atoms with Gasteiger partial charge in [0.05, 0.1) is 27.6 Å². The van der Waals surface area contributed by atoms with Crippen molar-refractivity contribution in [3.63, 3.8) is 0 Å². The number of nitrogens with zero attached hydrogens (tertiary/aromatic N) is 2. The van der Waals surface area contributed by atoms with Crippen molar-refractivity contribution < 1.29 is 0 Å². The van der Waals surface area contributed by atoms with E-state index in [1.807, 2.05) is 36.9 Å². The van der Waals surface area contributed by atoms with Crippen LogP contribution in [0.5, 0.6) is 0 Å². The van der Waals surface area contributed by atoms with E-state index in [1.54, 1.807) is 18.6 Å². The van der Waals surface area contributed by atoms with Crippen LogP contribution in [0.15, 0.2) is 37.1 Å². The molecule has 2 heterocycles. The van der Waals surface area contributed by atoms with Crippen LogP contribution < -0.4 is 0 Å². The van der Waals surface area contributed by atoms with Crippen molar-refractivity contribution in [2.24, 2.45) is 0 Å². The molecule has 0 atom stereocenters. The van der Waals surface area contributed by atoms with Crippen LogP contribution in [-0.2, 0) is 0 Å². The number of fused-ring (bicyclic) bond motifs is 1. The van der Waals surface area contributed by atoms with E-state index in [1.165, 1.54) is 0 Å². The van der Waals surface area contributed by atoms with Crippen molar-refractivity contribution in [2.45, 2.75) is 13.8 Å². The van der Waals surface area contributed by atoms with Gasteiger partial charge in [0.15, 0.2) is 0 Å². The van der Waals surface area contributed by atoms with Crippen LogP contribution in [0, 0.1) is 0 Å². The van der Waals surface area contributed by atoms with E-state index in [9.17, 15) is 0 Å². The van der Waals surface area contributed by atoms with Gasteiger partial charge in [0.1, 0.15) is 0 Å². The van der Waals surface area contributed by atoms with Crippen LogP contribution in [-0.4, -0.2) is 14.5 Å². The lowest BCUT2D eigenvalue weighted by Gasteiger charge is -2.00. The molecule has 0 aliphatic carbocycles. The Morgan fingerprint density at radius 2 is 2.00 bits per heavy atom. The molecule has 0 saturated heterocycles. The second-order valence-corrected chi connectivity index (χ2v) is 4.21. The standard InChI is InChI=1S/C11H7Cl2N3.C2H6/c12-8-2-1-7-9(16-4-3-14-6-16)5-15-11(7)10(8)13;1-2/h1-6,15H;1-2H3. The Kier molecular flexibility index (Phi) is 3.94. The monoisotopic (exact) mass is 281 g/mol. The van der Waals surface area contributed by atoms with Crippen LogP contribution in [0.4, 0.5) is 0 Å². The number of halogens is 2. The average Bonchev–Trinajstić information content (AvgIpc) is 3.04. The number of H-pyrrole nitrogens is 1. The van der Waals surface area contributed by atoms with E-state index in [4.69, 9.17) is 23.2 Å². The lowest BCUT2D eigenvalue weighted by atomic mass is 10.2. The molecular formula is C13H13Cl2N3. The molecule has 0 radical (unpaired) electrons. The third kappa shape index (κ3) is 2.11. The molecule has 3 aromatic rings. The number of benzene rings is 1. The zero-order chi connectivity index (χ0) is 13.1. The molecular weight excluding hydrogens is 269 g/mol. The zero-order valence-corrected chi connectivity index (χ0v) is 11.6. The largest absolute Gasteiger partial charge is 0.358 e. The number of nitrogens with one attached hydrogen (secondary N) is 1. The summed E-state index contributed by atoms with van der Waals surface area (Å²) in [5.41, 5.74) is 1.85. The molecule has 0 bridgehead atoms. The molecule has 3 rings (SSSR count). The van der Waals surface area contributed by atoms with Gasteiger partial charge in [0, 0.05) is 24.0 Å². The normalized spacial score (nSPS) is 10.2. The number of aromatic nitrogens is 3. The van der Waals surface area contributed by atoms with E-state index in [2.05, 4.69) is 9.97 Å². The van der Waals surface area contributed by atoms with E-state index in [-0.39, 0.29) is 0 Å². The van der Waals surface area contributed by atoms with Crippen LogP contribution >= 0.6 is 23.2 Å². The fourth-order valence-electron chi connectivity index (χ4n) is 1.74. The minimum Gasteiger partial charge on any atom is -0.358 e. The minimum absolute atomic E-state index is 0.547. The summed E-state index contributed by atoms with van der Waals surface area (Å²) in [7, 11) is 0. The second-order valence-electron chi connectivity index (χ2n) is 3.43. The Morgan fingerprint density at radius 1 is 1.22 bits per heavy atom. The highest BCUT2D eigenvalue weighted by molar-refractivity contribution is 6.45. The highest BCUT2D eigenvalue weighted by Gasteiger charge is 2.10. The third-order valence-corrected chi connectivity index (χ3v) is 3.31. The summed E-state index contributed by atoms with van der Waals surface area (Å²) in [6.45, 7) is 4.00. The summed E-state index contributed by atoms with van der Waals surface area (Å²) in [5, 5.41) is 2.12. The lowest BCUT2D eigenvalue weighted by Crippen LogP contribution is -1.86. The predicted molar refractivity (Wildman–Crippen MR) is 76.8 cm³/mol. The maximum absolute atomic E-state index is 6.11. The van der Waals surface area contributed by atoms with Crippen LogP contribution in [0.1, 0.15) is 13.8 Å². The van der Waals surface area contributed by atoms with Gasteiger partial charge in [-0.05, 0) is 12.1 Å². The van der Waals surface area contributed by atoms with Crippen molar-refractivity contribution in [3.05, 3.63) is 47.1 Å². The molecule has 5 heteroatoms. The third-order valence-electron chi connectivity index (χ3n) is 2.51. The fourth-order valence-corrected chi connectivity index (χ4v) is 2.12. The zero-order valence-electron chi connectivity index (χ0n) is 10.1. The highest BCUT2D eigenvalue weighted by Crippen LogP contribution is 2.32. The fraction of sp³-hybridized carbons (Fsp3) is 0.154. The Bertz CT molecular complexity index is 642. The van der Waals surface area contributed by atoms with Crippen LogP contribution in [0.25, 0.3) is 16.6 Å². The van der Waals surface area contributed by atoms with Gasteiger partial charge in [-0.25, -0.2) is 4.98 Å². The number of imidazole rings is 1. The van der Waals surface area contributed by atoms with Gasteiger partial charge in [0.25, 0.3) is 0 Å². The van der Waals surface area contributed by atoms with Gasteiger partial charge >= 0.3 is 0 Å². The van der Waals surface area contributed by atoms with Crippen molar-refractivity contribution in [1.82, 2.24) is 14.5 Å². The molecule has 0 aliphatic rings. The number of hydrogen-bond acceptors (Lipinski definition) is 1. The smallest absolute Gasteiger partial charge is 0.0992 e. The molecule has 1 aromatic carbocycles. The SMILES string of the molecule is CC.Clc1ccc2c(-n3ccnc3)c[nH]c2c1Cl. The topological polar surface area (TPSA) is 33.6 Å². The van der Waals surface area contributed by atoms with E-state index >= 15 is 0 Å². The molecule has 0 unspecified atom stereocenters. The van der Waals surface area contributed by atoms with E-state index < -0.39 is 0 Å². The molecule has 1 N–H and O–H groups in total. The average molecular weight is 282 g/mol. The molecule has 18 heavy (non-hydrogen) atoms. The Balaban J connectivity index is 0.000000574. The molecule has 0 saturated carbocycles. The van der Waals surface area contributed by atoms with Crippen molar-refractivity contribution in [3.8, 4) is 5.69 Å². The van der Waals surface area contributed by atoms with Crippen molar-refractivity contribution in [2.75, 3.05) is 0 Å². The van der Waals surface area contributed by atoms with E-state index in [0.717, 1.165) is 16.6 Å². The first kappa shape index (κ1) is 13.0. The molecule has 0 spiro atoms. The maximum Gasteiger partial charge on any atom is 0.0992 e. The van der Waals surface area contributed by atoms with Gasteiger partial charge in [-0.3, -0.25) is 0 Å². The Hall–Kier alpha value is -1.45. The first-order chi connectivity index (χ1) is 8.77. The molecule has 0 aliphatic heterocycles. The summed E-state index contributed by atoms with van der Waals surface area (Å²) in [4.78, 5) is 7.14. The number of hydrogen-bond donors (Lipinski definition) is 1. The first-order valence-electron chi connectivity index (χ1n) is 5.71. The van der Waals surface area contributed by atoms with Gasteiger partial charge in [-0.1, -0.05) is 37.0 Å². The van der Waals surface area contributed by atoms with E-state index in [0.29, 0.717) is 10.0 Å². The quantitative estimate of drug-likeness (QED) is 0.690. The highest BCUT2D eigenvalue weighted by atomic mass is 35.5. The first-order valence-corrected chi connectivity index (χ1v) is 6.46. The molecule has 0 fully saturated rings. The Morgan fingerprint density at radius 3 is 2.67 bits per heavy atom. The van der Waals surface area contributed by atoms with Gasteiger partial charge < -0.3 is 9.55 Å².